The van der Waals surface area contributed by atoms with Crippen LogP contribution in [0.15, 0.2) is 28.7 Å². The minimum Gasteiger partial charge on any atom is -0.385 e. The normalized spacial score (nSPS) is 16.4. The molecule has 7 heteroatoms. The molecular formula is C11H10BrF5O. The number of alkyl halides is 5. The fraction of sp³-hybridized carbons (Fsp3) is 0.455. The summed E-state index contributed by atoms with van der Waals surface area (Å²) >= 11 is 3.05. The maximum Gasteiger partial charge on any atom is 0.453 e. The van der Waals surface area contributed by atoms with E-state index in [2.05, 4.69) is 15.9 Å². The number of hydrogen-bond donors (Lipinski definition) is 1. The number of benzene rings is 1. The van der Waals surface area contributed by atoms with Gasteiger partial charge in [-0.1, -0.05) is 28.1 Å². The van der Waals surface area contributed by atoms with E-state index in [1.807, 2.05) is 0 Å². The third-order valence-electron chi connectivity index (χ3n) is 2.43. The first-order chi connectivity index (χ1) is 7.96. The summed E-state index contributed by atoms with van der Waals surface area (Å²) in [6, 6.07) is 5.60. The summed E-state index contributed by atoms with van der Waals surface area (Å²) in [6.45, 7) is 0.925. The van der Waals surface area contributed by atoms with Crippen molar-refractivity contribution in [3.8, 4) is 0 Å². The van der Waals surface area contributed by atoms with Crippen LogP contribution in [0, 0.1) is 0 Å². The molecule has 0 spiro atoms. The van der Waals surface area contributed by atoms with Crippen molar-refractivity contribution in [2.24, 2.45) is 0 Å². The first-order valence-corrected chi connectivity index (χ1v) is 5.68. The van der Waals surface area contributed by atoms with Crippen molar-refractivity contribution in [3.63, 3.8) is 0 Å². The van der Waals surface area contributed by atoms with Gasteiger partial charge >= 0.3 is 12.1 Å². The molecule has 0 aliphatic rings. The van der Waals surface area contributed by atoms with E-state index >= 15 is 0 Å². The molecule has 0 aliphatic carbocycles. The van der Waals surface area contributed by atoms with Crippen molar-refractivity contribution in [2.75, 3.05) is 0 Å². The zero-order valence-electron chi connectivity index (χ0n) is 9.23. The second-order valence-electron chi connectivity index (χ2n) is 4.16. The van der Waals surface area contributed by atoms with Gasteiger partial charge < -0.3 is 5.11 Å². The third kappa shape index (κ3) is 3.41. The highest BCUT2D eigenvalue weighted by Gasteiger charge is 2.59. The van der Waals surface area contributed by atoms with Crippen LogP contribution in [0.5, 0.6) is 0 Å². The predicted octanol–water partition coefficient (Wildman–Crippen LogP) is 4.24. The summed E-state index contributed by atoms with van der Waals surface area (Å²) in [5, 5.41) is 9.81. The van der Waals surface area contributed by atoms with E-state index in [4.69, 9.17) is 0 Å². The summed E-state index contributed by atoms with van der Waals surface area (Å²) in [4.78, 5) is 0. The van der Waals surface area contributed by atoms with Crippen LogP contribution in [-0.2, 0) is 5.60 Å². The lowest BCUT2D eigenvalue weighted by Gasteiger charge is -2.30. The topological polar surface area (TPSA) is 20.2 Å². The SMILES string of the molecule is CC(O)(CC(F)(F)C(F)(F)F)c1cccc(Br)c1. The fourth-order valence-corrected chi connectivity index (χ4v) is 1.86. The van der Waals surface area contributed by atoms with Gasteiger partial charge in [0, 0.05) is 4.47 Å². The van der Waals surface area contributed by atoms with Crippen molar-refractivity contribution in [3.05, 3.63) is 34.3 Å². The lowest BCUT2D eigenvalue weighted by atomic mass is 9.89. The second-order valence-corrected chi connectivity index (χ2v) is 5.08. The molecule has 1 rings (SSSR count). The van der Waals surface area contributed by atoms with E-state index in [1.165, 1.54) is 18.2 Å². The Morgan fingerprint density at radius 1 is 1.17 bits per heavy atom. The van der Waals surface area contributed by atoms with Crippen molar-refractivity contribution < 1.29 is 27.1 Å². The molecule has 0 heterocycles. The smallest absolute Gasteiger partial charge is 0.385 e. The van der Waals surface area contributed by atoms with Gasteiger partial charge in [0.1, 0.15) is 0 Å². The zero-order chi connectivity index (χ0) is 14.2. The third-order valence-corrected chi connectivity index (χ3v) is 2.92. The van der Waals surface area contributed by atoms with Gasteiger partial charge in [-0.25, -0.2) is 0 Å². The van der Waals surface area contributed by atoms with E-state index in [1.54, 1.807) is 6.07 Å². The van der Waals surface area contributed by atoms with Crippen LogP contribution in [0.1, 0.15) is 18.9 Å². The monoisotopic (exact) mass is 332 g/mol. The molecule has 0 saturated carbocycles. The Kier molecular flexibility index (Phi) is 4.07. The van der Waals surface area contributed by atoms with Crippen molar-refractivity contribution in [2.45, 2.75) is 31.0 Å². The van der Waals surface area contributed by atoms with Gasteiger partial charge in [0.05, 0.1) is 12.0 Å². The number of rotatable bonds is 3. The molecule has 18 heavy (non-hydrogen) atoms. The standard InChI is InChI=1S/C11H10BrF5O/c1-9(18,6-10(13,14)11(15,16)17)7-3-2-4-8(12)5-7/h2-5,18H,6H2,1H3. The Hall–Kier alpha value is -0.690. The van der Waals surface area contributed by atoms with Crippen LogP contribution >= 0.6 is 15.9 Å². The molecule has 102 valence electrons. The average molecular weight is 333 g/mol. The van der Waals surface area contributed by atoms with E-state index < -0.39 is 24.1 Å². The highest BCUT2D eigenvalue weighted by molar-refractivity contribution is 9.10. The summed E-state index contributed by atoms with van der Waals surface area (Å²) < 4.78 is 62.6. The minimum atomic E-state index is -5.68. The van der Waals surface area contributed by atoms with Crippen molar-refractivity contribution >= 4 is 15.9 Å². The largest absolute Gasteiger partial charge is 0.453 e. The molecule has 0 aliphatic heterocycles. The van der Waals surface area contributed by atoms with Gasteiger partial charge in [-0.05, 0) is 24.6 Å². The van der Waals surface area contributed by atoms with Gasteiger partial charge in [0.15, 0.2) is 0 Å². The molecule has 0 aromatic heterocycles. The maximum atomic E-state index is 12.9. The summed E-state index contributed by atoms with van der Waals surface area (Å²) in [7, 11) is 0. The van der Waals surface area contributed by atoms with Gasteiger partial charge in [0.25, 0.3) is 0 Å². The van der Waals surface area contributed by atoms with Crippen molar-refractivity contribution in [1.82, 2.24) is 0 Å². The molecule has 0 saturated heterocycles. The first-order valence-electron chi connectivity index (χ1n) is 4.89. The second kappa shape index (κ2) is 4.77. The van der Waals surface area contributed by atoms with Gasteiger partial charge in [0.2, 0.25) is 0 Å². The summed E-state index contributed by atoms with van der Waals surface area (Å²) in [5.74, 6) is -4.95. The number of hydrogen-bond acceptors (Lipinski definition) is 1. The Balaban J connectivity index is 3.02. The maximum absolute atomic E-state index is 12.9. The fourth-order valence-electron chi connectivity index (χ4n) is 1.46. The predicted molar refractivity (Wildman–Crippen MR) is 59.3 cm³/mol. The molecule has 1 aromatic rings. The molecule has 0 fully saturated rings. The highest BCUT2D eigenvalue weighted by Crippen LogP contribution is 2.43. The van der Waals surface area contributed by atoms with E-state index in [9.17, 15) is 27.1 Å². The summed E-state index contributed by atoms with van der Waals surface area (Å²) in [5.41, 5.74) is -2.29. The van der Waals surface area contributed by atoms with Crippen LogP contribution in [0.2, 0.25) is 0 Å². The van der Waals surface area contributed by atoms with Gasteiger partial charge in [-0.2, -0.15) is 22.0 Å². The van der Waals surface area contributed by atoms with Gasteiger partial charge in [-0.15, -0.1) is 0 Å². The van der Waals surface area contributed by atoms with Crippen LogP contribution in [0.4, 0.5) is 22.0 Å². The Morgan fingerprint density at radius 3 is 2.17 bits per heavy atom. The summed E-state index contributed by atoms with van der Waals surface area (Å²) in [6.07, 6.45) is -7.40. The molecule has 0 radical (unpaired) electrons. The highest BCUT2D eigenvalue weighted by atomic mass is 79.9. The Labute approximate surface area is 109 Å². The quantitative estimate of drug-likeness (QED) is 0.820. The Bertz CT molecular complexity index is 428. The van der Waals surface area contributed by atoms with E-state index in [0.717, 1.165) is 6.92 Å². The van der Waals surface area contributed by atoms with E-state index in [0.29, 0.717) is 4.47 Å². The molecule has 0 amide bonds. The number of aliphatic hydroxyl groups is 1. The lowest BCUT2D eigenvalue weighted by molar-refractivity contribution is -0.296. The molecular weight excluding hydrogens is 323 g/mol. The van der Waals surface area contributed by atoms with Crippen molar-refractivity contribution in [1.29, 1.82) is 0 Å². The first kappa shape index (κ1) is 15.4. The van der Waals surface area contributed by atoms with Crippen LogP contribution in [0.25, 0.3) is 0 Å². The Morgan fingerprint density at radius 2 is 1.72 bits per heavy atom. The molecule has 1 nitrogen and oxygen atoms in total. The molecule has 1 aromatic carbocycles. The van der Waals surface area contributed by atoms with Crippen LogP contribution < -0.4 is 0 Å². The zero-order valence-corrected chi connectivity index (χ0v) is 10.8. The van der Waals surface area contributed by atoms with E-state index in [-0.39, 0.29) is 5.56 Å². The molecule has 1 atom stereocenters. The van der Waals surface area contributed by atoms with Crippen LogP contribution in [-0.4, -0.2) is 17.2 Å². The number of halogens is 6. The van der Waals surface area contributed by atoms with Gasteiger partial charge in [-0.3, -0.25) is 0 Å². The minimum absolute atomic E-state index is 0.0131. The average Bonchev–Trinajstić information content (AvgIpc) is 2.14. The molecule has 1 N–H and O–H groups in total. The van der Waals surface area contributed by atoms with Crippen LogP contribution in [0.3, 0.4) is 0 Å². The lowest BCUT2D eigenvalue weighted by Crippen LogP contribution is -2.42. The molecule has 0 bridgehead atoms. The molecule has 1 unspecified atom stereocenters.